The van der Waals surface area contributed by atoms with Crippen LogP contribution in [-0.2, 0) is 5.54 Å². The first-order valence-electron chi connectivity index (χ1n) is 8.21. The molecule has 0 N–H and O–H groups in total. The van der Waals surface area contributed by atoms with Crippen LogP contribution in [0.4, 0.5) is 0 Å². The van der Waals surface area contributed by atoms with Gasteiger partial charge in [0.1, 0.15) is 0 Å². The molecule has 1 aromatic heterocycles. The minimum absolute atomic E-state index is 0.0606. The predicted molar refractivity (Wildman–Crippen MR) is 89.3 cm³/mol. The summed E-state index contributed by atoms with van der Waals surface area (Å²) in [4.78, 5) is 17.1. The first-order valence-corrected chi connectivity index (χ1v) is 8.21. The Morgan fingerprint density at radius 1 is 1.32 bits per heavy atom. The topological polar surface area (TPSA) is 41.4 Å². The maximum Gasteiger partial charge on any atom is 0.274 e. The molecule has 0 bridgehead atoms. The van der Waals surface area contributed by atoms with Gasteiger partial charge in [0.05, 0.1) is 5.54 Å². The number of piperazine rings is 1. The molecule has 0 saturated carbocycles. The third kappa shape index (κ3) is 3.35. The molecule has 1 unspecified atom stereocenters. The molecule has 2 rings (SSSR count). The molecule has 22 heavy (non-hydrogen) atoms. The number of hydrogen-bond acceptors (Lipinski definition) is 3. The van der Waals surface area contributed by atoms with Gasteiger partial charge in [-0.3, -0.25) is 9.48 Å². The lowest BCUT2D eigenvalue weighted by atomic mass is 10.1. The summed E-state index contributed by atoms with van der Waals surface area (Å²) in [6, 6.07) is 2.21. The number of nitrogens with zero attached hydrogens (tertiary/aromatic N) is 4. The fraction of sp³-hybridized carbons (Fsp3) is 0.765. The zero-order chi connectivity index (χ0) is 16.7. The zero-order valence-corrected chi connectivity index (χ0v) is 15.1. The van der Waals surface area contributed by atoms with Crippen LogP contribution in [0.5, 0.6) is 0 Å². The SMILES string of the molecule is CC(C)c1cc(C(=O)N2CCN(C)CC2C)nn1C(C)(C)C. The Labute approximate surface area is 134 Å². The minimum Gasteiger partial charge on any atom is -0.332 e. The lowest BCUT2D eigenvalue weighted by Crippen LogP contribution is -2.52. The second-order valence-electron chi connectivity index (χ2n) is 7.80. The molecule has 0 spiro atoms. The van der Waals surface area contributed by atoms with Gasteiger partial charge in [-0.2, -0.15) is 5.10 Å². The molecular weight excluding hydrogens is 276 g/mol. The van der Waals surface area contributed by atoms with E-state index >= 15 is 0 Å². The second kappa shape index (κ2) is 6.03. The highest BCUT2D eigenvalue weighted by Gasteiger charge is 2.30. The molecule has 0 radical (unpaired) electrons. The molecule has 1 aliphatic rings. The van der Waals surface area contributed by atoms with E-state index in [4.69, 9.17) is 0 Å². The van der Waals surface area contributed by atoms with Gasteiger partial charge in [0, 0.05) is 31.4 Å². The Balaban J connectivity index is 2.31. The highest BCUT2D eigenvalue weighted by molar-refractivity contribution is 5.92. The van der Waals surface area contributed by atoms with Gasteiger partial charge in [0.15, 0.2) is 5.69 Å². The summed E-state index contributed by atoms with van der Waals surface area (Å²) in [5.41, 5.74) is 1.58. The normalized spacial score (nSPS) is 20.7. The fourth-order valence-corrected chi connectivity index (χ4v) is 3.04. The van der Waals surface area contributed by atoms with E-state index in [0.717, 1.165) is 25.3 Å². The summed E-state index contributed by atoms with van der Waals surface area (Å²) >= 11 is 0. The molecule has 5 heteroatoms. The van der Waals surface area contributed by atoms with Gasteiger partial charge in [-0.15, -0.1) is 0 Å². The Morgan fingerprint density at radius 2 is 1.95 bits per heavy atom. The lowest BCUT2D eigenvalue weighted by molar-refractivity contribution is 0.0526. The molecule has 1 amide bonds. The Bertz CT molecular complexity index is 541. The first-order chi connectivity index (χ1) is 10.1. The van der Waals surface area contributed by atoms with E-state index in [1.165, 1.54) is 0 Å². The zero-order valence-electron chi connectivity index (χ0n) is 15.1. The van der Waals surface area contributed by atoms with Crippen molar-refractivity contribution in [2.75, 3.05) is 26.7 Å². The Morgan fingerprint density at radius 3 is 2.41 bits per heavy atom. The van der Waals surface area contributed by atoms with E-state index in [9.17, 15) is 4.79 Å². The van der Waals surface area contributed by atoms with Crippen LogP contribution < -0.4 is 0 Å². The summed E-state index contributed by atoms with van der Waals surface area (Å²) in [6.07, 6.45) is 0. The number of carbonyl (C=O) groups is 1. The van der Waals surface area contributed by atoms with Gasteiger partial charge in [-0.1, -0.05) is 13.8 Å². The average molecular weight is 306 g/mol. The molecular formula is C17H30N4O. The molecule has 5 nitrogen and oxygen atoms in total. The van der Waals surface area contributed by atoms with Crippen molar-refractivity contribution in [2.45, 2.75) is 59.0 Å². The van der Waals surface area contributed by atoms with Gasteiger partial charge in [0.2, 0.25) is 0 Å². The molecule has 1 saturated heterocycles. The molecule has 0 aromatic carbocycles. The predicted octanol–water partition coefficient (Wildman–Crippen LogP) is 2.54. The standard InChI is InChI=1S/C17H30N4O/c1-12(2)15-10-14(18-21(15)17(4,5)6)16(22)20-9-8-19(7)11-13(20)3/h10,12-13H,8-9,11H2,1-7H3. The monoisotopic (exact) mass is 306 g/mol. The van der Waals surface area contributed by atoms with Crippen molar-refractivity contribution in [1.29, 1.82) is 0 Å². The van der Waals surface area contributed by atoms with Crippen LogP contribution in [0.1, 0.15) is 63.6 Å². The fourth-order valence-electron chi connectivity index (χ4n) is 3.04. The highest BCUT2D eigenvalue weighted by Crippen LogP contribution is 2.24. The van der Waals surface area contributed by atoms with Crippen molar-refractivity contribution in [2.24, 2.45) is 0 Å². The van der Waals surface area contributed by atoms with Gasteiger partial charge < -0.3 is 9.80 Å². The molecule has 2 heterocycles. The van der Waals surface area contributed by atoms with Crippen molar-refractivity contribution in [3.63, 3.8) is 0 Å². The quantitative estimate of drug-likeness (QED) is 0.843. The van der Waals surface area contributed by atoms with Crippen molar-refractivity contribution >= 4 is 5.91 Å². The number of amides is 1. The summed E-state index contributed by atoms with van der Waals surface area (Å²) < 4.78 is 2.01. The summed E-state index contributed by atoms with van der Waals surface area (Å²) in [7, 11) is 2.10. The van der Waals surface area contributed by atoms with Crippen molar-refractivity contribution in [3.05, 3.63) is 17.5 Å². The molecule has 1 aromatic rings. The van der Waals surface area contributed by atoms with E-state index in [-0.39, 0.29) is 17.5 Å². The summed E-state index contributed by atoms with van der Waals surface area (Å²) in [5.74, 6) is 0.406. The van der Waals surface area contributed by atoms with E-state index in [2.05, 4.69) is 58.6 Å². The average Bonchev–Trinajstić information content (AvgIpc) is 2.83. The van der Waals surface area contributed by atoms with Crippen molar-refractivity contribution in [1.82, 2.24) is 19.6 Å². The minimum atomic E-state index is -0.119. The molecule has 1 aliphatic heterocycles. The van der Waals surface area contributed by atoms with E-state index in [1.54, 1.807) is 0 Å². The molecule has 1 fully saturated rings. The maximum atomic E-state index is 12.9. The third-order valence-corrected chi connectivity index (χ3v) is 4.27. The molecule has 1 atom stereocenters. The molecule has 124 valence electrons. The molecule has 0 aliphatic carbocycles. The van der Waals surface area contributed by atoms with Crippen LogP contribution in [0.3, 0.4) is 0 Å². The van der Waals surface area contributed by atoms with Crippen LogP contribution in [0.15, 0.2) is 6.07 Å². The van der Waals surface area contributed by atoms with Crippen LogP contribution in [0.2, 0.25) is 0 Å². The van der Waals surface area contributed by atoms with Crippen LogP contribution in [-0.4, -0.2) is 58.2 Å². The van der Waals surface area contributed by atoms with E-state index in [1.807, 2.05) is 15.6 Å². The van der Waals surface area contributed by atoms with Crippen molar-refractivity contribution < 1.29 is 4.79 Å². The Kier molecular flexibility index (Phi) is 4.66. The van der Waals surface area contributed by atoms with E-state index in [0.29, 0.717) is 11.6 Å². The number of carbonyl (C=O) groups excluding carboxylic acids is 1. The Hall–Kier alpha value is -1.36. The van der Waals surface area contributed by atoms with Crippen molar-refractivity contribution in [3.8, 4) is 0 Å². The highest BCUT2D eigenvalue weighted by atomic mass is 16.2. The lowest BCUT2D eigenvalue weighted by Gasteiger charge is -2.37. The van der Waals surface area contributed by atoms with Crippen LogP contribution in [0, 0.1) is 0 Å². The van der Waals surface area contributed by atoms with E-state index < -0.39 is 0 Å². The van der Waals surface area contributed by atoms with Crippen LogP contribution >= 0.6 is 0 Å². The number of likely N-dealkylation sites (N-methyl/N-ethyl adjacent to an activating group) is 1. The smallest absolute Gasteiger partial charge is 0.274 e. The summed E-state index contributed by atoms with van der Waals surface area (Å²) in [5, 5.41) is 4.64. The maximum absolute atomic E-state index is 12.9. The van der Waals surface area contributed by atoms with Gasteiger partial charge in [-0.25, -0.2) is 0 Å². The van der Waals surface area contributed by atoms with Crippen LogP contribution in [0.25, 0.3) is 0 Å². The number of aromatic nitrogens is 2. The van der Waals surface area contributed by atoms with Gasteiger partial charge >= 0.3 is 0 Å². The van der Waals surface area contributed by atoms with Gasteiger partial charge in [0.25, 0.3) is 5.91 Å². The number of hydrogen-bond donors (Lipinski definition) is 0. The summed E-state index contributed by atoms with van der Waals surface area (Å²) in [6.45, 7) is 15.4. The van der Waals surface area contributed by atoms with Gasteiger partial charge in [-0.05, 0) is 46.7 Å². The first kappa shape index (κ1) is 17.0. The largest absolute Gasteiger partial charge is 0.332 e. The number of rotatable bonds is 2. The second-order valence-corrected chi connectivity index (χ2v) is 7.80. The third-order valence-electron chi connectivity index (χ3n) is 4.27.